The first-order valence-electron chi connectivity index (χ1n) is 12.5. The van der Waals surface area contributed by atoms with E-state index in [1.54, 1.807) is 18.5 Å². The summed E-state index contributed by atoms with van der Waals surface area (Å²) in [6, 6.07) is 29.0. The molecule has 0 spiro atoms. The van der Waals surface area contributed by atoms with Crippen molar-refractivity contribution in [3.8, 4) is 0 Å². The summed E-state index contributed by atoms with van der Waals surface area (Å²) < 4.78 is 6.87. The van der Waals surface area contributed by atoms with Gasteiger partial charge in [0.15, 0.2) is 0 Å². The smallest absolute Gasteiger partial charge is 0.345 e. The summed E-state index contributed by atoms with van der Waals surface area (Å²) in [5.41, 5.74) is 3.79. The molecule has 36 heavy (non-hydrogen) atoms. The molecule has 1 saturated heterocycles. The molecule has 0 amide bonds. The fourth-order valence-electron chi connectivity index (χ4n) is 5.28. The van der Waals surface area contributed by atoms with Crippen molar-refractivity contribution < 1.29 is 9.53 Å². The molecule has 1 aliphatic rings. The average molecular weight is 482 g/mol. The molecule has 184 valence electrons. The molecule has 1 aliphatic heterocycles. The highest BCUT2D eigenvalue weighted by molar-refractivity contribution is 6.05. The molecule has 0 saturated carbocycles. The highest BCUT2D eigenvalue weighted by Crippen LogP contribution is 2.33. The highest BCUT2D eigenvalue weighted by atomic mass is 16.5. The number of aryl methyl sites for hydroxylation is 1. The number of hydrogen-bond donors (Lipinski definition) is 0. The fraction of sp³-hybridized carbons (Fsp3) is 0.267. The van der Waals surface area contributed by atoms with Crippen LogP contribution in [0.2, 0.25) is 0 Å². The first-order valence-corrected chi connectivity index (χ1v) is 12.5. The first-order chi connectivity index (χ1) is 17.6. The predicted molar refractivity (Wildman–Crippen MR) is 144 cm³/mol. The number of para-hydroxylation sites is 1. The standard InChI is InChI=1S/C30H31N3O3/c1-3-36-30(35)26-28(24-16-10-11-17-25(24)31(2)29(26)34)33-20-18-32(19-21-33)27(22-12-6-4-7-13-22)23-14-8-5-9-15-23/h4-17,27H,3,18-21H2,1-2H3. The molecule has 6 heteroatoms. The average Bonchev–Trinajstić information content (AvgIpc) is 2.92. The summed E-state index contributed by atoms with van der Waals surface area (Å²) in [7, 11) is 1.71. The highest BCUT2D eigenvalue weighted by Gasteiger charge is 2.31. The number of carbonyl (C=O) groups excluding carboxylic acids is 1. The number of benzene rings is 3. The van der Waals surface area contributed by atoms with E-state index in [9.17, 15) is 9.59 Å². The molecule has 4 aromatic rings. The molecule has 0 N–H and O–H groups in total. The van der Waals surface area contributed by atoms with Crippen LogP contribution in [-0.4, -0.2) is 48.2 Å². The summed E-state index contributed by atoms with van der Waals surface area (Å²) >= 11 is 0. The van der Waals surface area contributed by atoms with Crippen LogP contribution in [0.1, 0.15) is 34.5 Å². The van der Waals surface area contributed by atoms with Gasteiger partial charge in [0.25, 0.3) is 5.56 Å². The zero-order chi connectivity index (χ0) is 25.1. The summed E-state index contributed by atoms with van der Waals surface area (Å²) in [4.78, 5) is 31.0. The number of ether oxygens (including phenoxy) is 1. The fourth-order valence-corrected chi connectivity index (χ4v) is 5.28. The number of anilines is 1. The largest absolute Gasteiger partial charge is 0.462 e. The molecule has 5 rings (SSSR count). The van der Waals surface area contributed by atoms with Gasteiger partial charge >= 0.3 is 5.97 Å². The second kappa shape index (κ2) is 10.4. The number of pyridine rings is 1. The summed E-state index contributed by atoms with van der Waals surface area (Å²) in [5.74, 6) is -0.562. The SMILES string of the molecule is CCOC(=O)c1c(N2CCN(C(c3ccccc3)c3ccccc3)CC2)c2ccccc2n(C)c1=O. The summed E-state index contributed by atoms with van der Waals surface area (Å²) in [6.45, 7) is 4.95. The van der Waals surface area contributed by atoms with Crippen molar-refractivity contribution in [3.63, 3.8) is 0 Å². The Morgan fingerprint density at radius 2 is 1.39 bits per heavy atom. The lowest BCUT2D eigenvalue weighted by molar-refractivity contribution is 0.0524. The first kappa shape index (κ1) is 23.8. The number of fused-ring (bicyclic) bond motifs is 1. The Morgan fingerprint density at radius 1 is 0.833 bits per heavy atom. The van der Waals surface area contributed by atoms with E-state index < -0.39 is 5.97 Å². The van der Waals surface area contributed by atoms with E-state index in [1.165, 1.54) is 11.1 Å². The van der Waals surface area contributed by atoms with Crippen molar-refractivity contribution in [1.29, 1.82) is 0 Å². The van der Waals surface area contributed by atoms with Crippen LogP contribution in [0.25, 0.3) is 10.9 Å². The number of nitrogens with zero attached hydrogens (tertiary/aromatic N) is 3. The van der Waals surface area contributed by atoms with E-state index >= 15 is 0 Å². The Labute approximate surface area is 211 Å². The van der Waals surface area contributed by atoms with Crippen molar-refractivity contribution in [1.82, 2.24) is 9.47 Å². The molecule has 0 unspecified atom stereocenters. The van der Waals surface area contributed by atoms with Crippen LogP contribution < -0.4 is 10.5 Å². The topological polar surface area (TPSA) is 54.8 Å². The van der Waals surface area contributed by atoms with Gasteiger partial charge in [0, 0.05) is 38.6 Å². The lowest BCUT2D eigenvalue weighted by Crippen LogP contribution is -2.49. The van der Waals surface area contributed by atoms with Crippen molar-refractivity contribution in [2.24, 2.45) is 7.05 Å². The number of carbonyl (C=O) groups is 1. The molecule has 1 aromatic heterocycles. The Hall–Kier alpha value is -3.90. The Balaban J connectivity index is 1.52. The van der Waals surface area contributed by atoms with Gasteiger partial charge in [-0.1, -0.05) is 78.9 Å². The van der Waals surface area contributed by atoms with Gasteiger partial charge in [0.2, 0.25) is 0 Å². The minimum absolute atomic E-state index is 0.120. The third-order valence-corrected chi connectivity index (χ3v) is 6.98. The van der Waals surface area contributed by atoms with Gasteiger partial charge in [-0.15, -0.1) is 0 Å². The normalized spacial score (nSPS) is 14.4. The maximum atomic E-state index is 13.3. The lowest BCUT2D eigenvalue weighted by Gasteiger charge is -2.41. The van der Waals surface area contributed by atoms with E-state index in [4.69, 9.17) is 4.74 Å². The maximum absolute atomic E-state index is 13.3. The minimum Gasteiger partial charge on any atom is -0.462 e. The number of aromatic nitrogens is 1. The van der Waals surface area contributed by atoms with Gasteiger partial charge in [-0.05, 0) is 24.1 Å². The van der Waals surface area contributed by atoms with Gasteiger partial charge in [-0.25, -0.2) is 4.79 Å². The van der Waals surface area contributed by atoms with Crippen molar-refractivity contribution in [2.45, 2.75) is 13.0 Å². The van der Waals surface area contributed by atoms with Crippen LogP contribution in [0, 0.1) is 0 Å². The minimum atomic E-state index is -0.562. The molecular weight excluding hydrogens is 450 g/mol. The summed E-state index contributed by atoms with van der Waals surface area (Å²) in [5, 5.41) is 0.888. The molecule has 2 heterocycles. The number of hydrogen-bond acceptors (Lipinski definition) is 5. The van der Waals surface area contributed by atoms with Gasteiger partial charge < -0.3 is 14.2 Å². The Morgan fingerprint density at radius 3 is 1.97 bits per heavy atom. The summed E-state index contributed by atoms with van der Waals surface area (Å²) in [6.07, 6.45) is 0. The van der Waals surface area contributed by atoms with E-state index in [0.29, 0.717) is 18.8 Å². The quantitative estimate of drug-likeness (QED) is 0.376. The third kappa shape index (κ3) is 4.40. The van der Waals surface area contributed by atoms with E-state index in [1.807, 2.05) is 36.4 Å². The van der Waals surface area contributed by atoms with Gasteiger partial charge in [-0.3, -0.25) is 9.69 Å². The zero-order valence-electron chi connectivity index (χ0n) is 20.8. The van der Waals surface area contributed by atoms with Crippen molar-refractivity contribution in [2.75, 3.05) is 37.7 Å². The monoisotopic (exact) mass is 481 g/mol. The lowest BCUT2D eigenvalue weighted by atomic mass is 9.96. The number of esters is 1. The molecule has 0 bridgehead atoms. The maximum Gasteiger partial charge on any atom is 0.345 e. The molecule has 0 atom stereocenters. The van der Waals surface area contributed by atoms with Crippen LogP contribution in [-0.2, 0) is 11.8 Å². The van der Waals surface area contributed by atoms with Crippen LogP contribution in [0.3, 0.4) is 0 Å². The Kier molecular flexibility index (Phi) is 6.87. The predicted octanol–water partition coefficient (Wildman–Crippen LogP) is 4.63. The van der Waals surface area contributed by atoms with Crippen LogP contribution in [0.5, 0.6) is 0 Å². The molecule has 0 aliphatic carbocycles. The second-order valence-corrected chi connectivity index (χ2v) is 9.07. The van der Waals surface area contributed by atoms with Crippen LogP contribution in [0.4, 0.5) is 5.69 Å². The van der Waals surface area contributed by atoms with Gasteiger partial charge in [-0.2, -0.15) is 0 Å². The van der Waals surface area contributed by atoms with Crippen LogP contribution in [0.15, 0.2) is 89.7 Å². The molecule has 1 fully saturated rings. The van der Waals surface area contributed by atoms with Crippen LogP contribution >= 0.6 is 0 Å². The zero-order valence-corrected chi connectivity index (χ0v) is 20.8. The molecule has 3 aromatic carbocycles. The number of rotatable bonds is 6. The third-order valence-electron chi connectivity index (χ3n) is 6.98. The molecule has 6 nitrogen and oxygen atoms in total. The van der Waals surface area contributed by atoms with E-state index in [-0.39, 0.29) is 23.8 Å². The molecule has 0 radical (unpaired) electrons. The second-order valence-electron chi connectivity index (χ2n) is 9.07. The van der Waals surface area contributed by atoms with Crippen molar-refractivity contribution >= 4 is 22.6 Å². The van der Waals surface area contributed by atoms with Gasteiger partial charge in [0.1, 0.15) is 5.56 Å². The van der Waals surface area contributed by atoms with Crippen molar-refractivity contribution in [3.05, 3.63) is 112 Å². The molecular formula is C30H31N3O3. The van der Waals surface area contributed by atoms with E-state index in [0.717, 1.165) is 24.0 Å². The Bertz CT molecular complexity index is 1370. The van der Waals surface area contributed by atoms with Gasteiger partial charge in [0.05, 0.1) is 23.9 Å². The van der Waals surface area contributed by atoms with E-state index in [2.05, 4.69) is 58.3 Å². The number of piperazine rings is 1.